The van der Waals surface area contributed by atoms with Crippen LogP contribution in [0.5, 0.6) is 34.9 Å². The van der Waals surface area contributed by atoms with Gasteiger partial charge in [0.15, 0.2) is 69.6 Å². The summed E-state index contributed by atoms with van der Waals surface area (Å²) in [4.78, 5) is 95.6. The number of nitrogens with one attached hydrogen (secondary N) is 7. The maximum Gasteiger partial charge on any atom is 0.282 e. The van der Waals surface area contributed by atoms with Crippen molar-refractivity contribution < 1.29 is 81.3 Å². The first-order chi connectivity index (χ1) is 58.9. The van der Waals surface area contributed by atoms with Gasteiger partial charge < -0.3 is 89.6 Å². The lowest BCUT2D eigenvalue weighted by atomic mass is 10.1. The van der Waals surface area contributed by atoms with E-state index >= 15 is 13.2 Å². The zero-order valence-electron chi connectivity index (χ0n) is 66.5. The number of piperazine rings is 3. The van der Waals surface area contributed by atoms with E-state index < -0.39 is 145 Å². The number of aryl methyl sites for hydroxylation is 3. The number of hydrogen-bond acceptors (Lipinski definition) is 23. The van der Waals surface area contributed by atoms with E-state index in [2.05, 4.69) is 115 Å². The first kappa shape index (κ1) is 83.3. The summed E-state index contributed by atoms with van der Waals surface area (Å²) in [5.74, 6) is -19.0. The van der Waals surface area contributed by atoms with Gasteiger partial charge in [0.25, 0.3) is 35.5 Å². The first-order valence-electron chi connectivity index (χ1n) is 39.1. The topological polar surface area (TPSA) is 303 Å². The molecule has 0 spiro atoms. The van der Waals surface area contributed by atoms with Crippen molar-refractivity contribution in [1.29, 1.82) is 0 Å². The van der Waals surface area contributed by atoms with Crippen LogP contribution in [0.2, 0.25) is 0 Å². The van der Waals surface area contributed by atoms with Crippen molar-refractivity contribution in [3.63, 3.8) is 0 Å². The van der Waals surface area contributed by atoms with E-state index in [0.29, 0.717) is 34.4 Å². The molecular weight excluding hydrogens is 1630 g/mol. The summed E-state index contributed by atoms with van der Waals surface area (Å²) in [7, 11) is 2.06. The Kier molecular flexibility index (Phi) is 23.0. The largest absolute Gasteiger partial charge is 0.435 e. The molecule has 0 aliphatic carbocycles. The molecule has 12 aromatic rings. The maximum atomic E-state index is 15.3. The van der Waals surface area contributed by atoms with Gasteiger partial charge >= 0.3 is 0 Å². The number of carbonyl (C=O) groups is 3. The Morgan fingerprint density at radius 1 is 0.415 bits per heavy atom. The van der Waals surface area contributed by atoms with E-state index in [1.54, 1.807) is 57.4 Å². The first-order valence-corrected chi connectivity index (χ1v) is 39.1. The van der Waals surface area contributed by atoms with Crippen molar-refractivity contribution in [3.8, 4) is 34.9 Å². The third-order valence-electron chi connectivity index (χ3n) is 21.5. The number of nitrogens with zero attached hydrogens (tertiary/aromatic N) is 16. The molecule has 0 unspecified atom stereocenters. The average molecular weight is 1710 g/mol. The molecule has 6 aliphatic heterocycles. The van der Waals surface area contributed by atoms with Gasteiger partial charge in [-0.1, -0.05) is 6.92 Å². The van der Waals surface area contributed by atoms with Gasteiger partial charge in [-0.3, -0.25) is 14.4 Å². The number of aromatic amines is 3. The van der Waals surface area contributed by atoms with Gasteiger partial charge in [-0.2, -0.15) is 0 Å². The maximum absolute atomic E-state index is 15.3. The van der Waals surface area contributed by atoms with Gasteiger partial charge in [-0.25, -0.2) is 92.6 Å². The standard InChI is InChI=1S/C28H28F4N8O2.C27H26F4N8O2.C27H25F4N7O2/c1-3-38-6-8-39(9-7-38)17-4-5-21(33-12-17)37-25-22(27(41)40-13-28(31,32)14-40)26(35-15-34-25)42-20-11-19(29)24-18(23(20)30)10-16(2)36-24;1-15-9-17-22(29)19(10-18(28)23(17)35-15)41-25-21(26(40)39-12-27(30,31)13-39)24(33-14-34-25)36-20-4-3-16(11-32-20)38-7-5-37(2)6-8-38;1-15-10-18-22(29)20(11-19(28)23(18)35-15)40-25-21(26(39)38-12-27(30,31)13-38)24(33-14-34-25)36-16-2-4-17(5-3-16)37-8-6-32-7-9-37/h4-5,10-12,15,36H,3,6-9,13-14H2,1-2H3,(H,33,34,35,37);3-4,9-11,14,35H,5-8,12-13H2,1-2H3,(H,32,33,34,36);2-5,10-11,14,32,35H,6-9,12-13H2,1H3,(H,33,34,36). The molecule has 123 heavy (non-hydrogen) atoms. The van der Waals surface area contributed by atoms with Crippen molar-refractivity contribution in [2.45, 2.75) is 45.5 Å². The normalized spacial score (nSPS) is 16.9. The van der Waals surface area contributed by atoms with Crippen LogP contribution in [0.4, 0.5) is 105 Å². The van der Waals surface area contributed by atoms with E-state index in [1.807, 2.05) is 24.3 Å². The number of carbonyl (C=O) groups excluding carboxylic acids is 3. The molecule has 29 nitrogen and oxygen atoms in total. The molecule has 18 rings (SSSR count). The van der Waals surface area contributed by atoms with Crippen molar-refractivity contribution in [2.24, 2.45) is 0 Å². The lowest BCUT2D eigenvalue weighted by Crippen LogP contribution is -2.58. The summed E-state index contributed by atoms with van der Waals surface area (Å²) in [6.45, 7) is 13.9. The number of fused-ring (bicyclic) bond motifs is 3. The molecule has 0 radical (unpaired) electrons. The minimum atomic E-state index is -3.04. The Bertz CT molecular complexity index is 5960. The second-order valence-corrected chi connectivity index (χ2v) is 30.5. The number of halogens is 12. The van der Waals surface area contributed by atoms with Gasteiger partial charge in [0.1, 0.15) is 47.3 Å². The SMILES string of the molecule is CCN1CCN(c2ccc(Nc3ncnc(Oc4cc(F)c5[nH]c(C)cc5c4F)c3C(=O)N3CC(F)(F)C3)nc2)CC1.Cc1cc2c(F)c(Oc3ncnc(Nc4ccc(N5CCN(C)CC5)cn4)c3C(=O)N3CC(F)(F)C3)cc(F)c2[nH]1.Cc1cc2c(F)c(Oc3ncnc(Nc4ccc(N5CCNCC5)cc4)c3C(=O)N3CC(F)(F)C3)cc(F)c2[nH]1. The number of anilines is 9. The summed E-state index contributed by atoms with van der Waals surface area (Å²) in [6.07, 6.45) is 6.57. The Labute approximate surface area is 692 Å². The van der Waals surface area contributed by atoms with E-state index in [9.17, 15) is 53.9 Å². The van der Waals surface area contributed by atoms with E-state index in [1.165, 1.54) is 18.2 Å². The quantitative estimate of drug-likeness (QED) is 0.0370. The molecule has 41 heteroatoms. The molecule has 0 atom stereocenters. The smallest absolute Gasteiger partial charge is 0.282 e. The molecule has 0 bridgehead atoms. The van der Waals surface area contributed by atoms with Crippen LogP contribution < -0.4 is 50.2 Å². The van der Waals surface area contributed by atoms with Crippen LogP contribution in [0.3, 0.4) is 0 Å². The van der Waals surface area contributed by atoms with E-state index in [4.69, 9.17) is 14.2 Å². The molecule has 6 aliphatic rings. The fraction of sp³-hybridized carbons (Fsp3) is 0.329. The van der Waals surface area contributed by atoms with Crippen molar-refractivity contribution in [3.05, 3.63) is 185 Å². The number of alkyl halides is 6. The van der Waals surface area contributed by atoms with E-state index in [-0.39, 0.29) is 66.9 Å². The Morgan fingerprint density at radius 2 is 0.748 bits per heavy atom. The number of H-pyrrole nitrogens is 3. The number of aromatic nitrogens is 11. The molecule has 3 amide bonds. The summed E-state index contributed by atoms with van der Waals surface area (Å²) < 4.78 is 189. The minimum Gasteiger partial charge on any atom is -0.435 e. The van der Waals surface area contributed by atoms with Crippen molar-refractivity contribution in [2.75, 3.05) is 162 Å². The Balaban J connectivity index is 0.000000137. The number of rotatable bonds is 19. The van der Waals surface area contributed by atoms with Gasteiger partial charge in [0.05, 0.1) is 79.6 Å². The zero-order valence-corrected chi connectivity index (χ0v) is 66.5. The molecule has 0 saturated carbocycles. The van der Waals surface area contributed by atoms with Crippen LogP contribution >= 0.6 is 0 Å². The Hall–Kier alpha value is -13.3. The fourth-order valence-electron chi connectivity index (χ4n) is 14.9. The predicted octanol–water partition coefficient (Wildman–Crippen LogP) is 13.6. The summed E-state index contributed by atoms with van der Waals surface area (Å²) in [5.41, 5.74) is 4.00. The lowest BCUT2D eigenvalue weighted by Gasteiger charge is -2.38. The molecule has 6 fully saturated rings. The van der Waals surface area contributed by atoms with Gasteiger partial charge in [0, 0.05) is 141 Å². The number of ether oxygens (including phenoxy) is 3. The van der Waals surface area contributed by atoms with Gasteiger partial charge in [0.2, 0.25) is 17.6 Å². The third kappa shape index (κ3) is 17.9. The number of pyridine rings is 2. The molecule has 6 saturated heterocycles. The number of hydrogen-bond donors (Lipinski definition) is 7. The average Bonchev–Trinajstić information content (AvgIpc) is 1.75. The van der Waals surface area contributed by atoms with Crippen molar-refractivity contribution >= 4 is 102 Å². The van der Waals surface area contributed by atoms with Gasteiger partial charge in [-0.05, 0) is 101 Å². The summed E-state index contributed by atoms with van der Waals surface area (Å²) in [5, 5.41) is 12.0. The second kappa shape index (κ2) is 33.9. The monoisotopic (exact) mass is 1710 g/mol. The zero-order chi connectivity index (χ0) is 86.5. The number of amides is 3. The second-order valence-electron chi connectivity index (χ2n) is 30.5. The molecule has 4 aromatic carbocycles. The number of likely N-dealkylation sites (tertiary alicyclic amines) is 3. The molecule has 14 heterocycles. The van der Waals surface area contributed by atoms with Crippen LogP contribution in [0.15, 0.2) is 116 Å². The lowest BCUT2D eigenvalue weighted by molar-refractivity contribution is -0.113. The molecule has 642 valence electrons. The number of likely N-dealkylation sites (N-methyl/N-ethyl adjacent to an activating group) is 2. The predicted molar refractivity (Wildman–Crippen MR) is 432 cm³/mol. The molecular formula is C82H79F12N23O6. The summed E-state index contributed by atoms with van der Waals surface area (Å²) in [6, 6.07) is 21.3. The van der Waals surface area contributed by atoms with Gasteiger partial charge in [-0.15, -0.1) is 0 Å². The highest BCUT2D eigenvalue weighted by atomic mass is 19.3. The van der Waals surface area contributed by atoms with Crippen LogP contribution in [0, 0.1) is 55.7 Å². The Morgan fingerprint density at radius 3 is 1.08 bits per heavy atom. The summed E-state index contributed by atoms with van der Waals surface area (Å²) >= 11 is 0. The highest BCUT2D eigenvalue weighted by Crippen LogP contribution is 2.43. The van der Waals surface area contributed by atoms with Crippen LogP contribution in [0.1, 0.15) is 55.1 Å². The molecule has 7 N–H and O–H groups in total. The van der Waals surface area contributed by atoms with Crippen LogP contribution in [-0.4, -0.2) is 246 Å². The van der Waals surface area contributed by atoms with E-state index in [0.717, 1.165) is 154 Å². The minimum absolute atomic E-state index is 0.0282. The number of benzene rings is 4. The van der Waals surface area contributed by atoms with Crippen LogP contribution in [0.25, 0.3) is 32.7 Å². The van der Waals surface area contributed by atoms with Crippen LogP contribution in [-0.2, 0) is 0 Å². The highest BCUT2D eigenvalue weighted by molar-refractivity contribution is 6.04. The van der Waals surface area contributed by atoms with Crippen molar-refractivity contribution in [1.82, 2.24) is 84.6 Å². The fourth-order valence-corrected chi connectivity index (χ4v) is 14.9. The highest BCUT2D eigenvalue weighted by Gasteiger charge is 2.50. The molecule has 8 aromatic heterocycles. The third-order valence-corrected chi connectivity index (χ3v) is 21.5.